The molecule has 2 aromatic rings. The molecule has 1 aromatic heterocycles. The summed E-state index contributed by atoms with van der Waals surface area (Å²) in [4.78, 5) is 17.4. The second kappa shape index (κ2) is 4.78. The van der Waals surface area contributed by atoms with E-state index < -0.39 is 6.10 Å². The van der Waals surface area contributed by atoms with Crippen LogP contribution in [0.4, 0.5) is 0 Å². The predicted octanol–water partition coefficient (Wildman–Crippen LogP) is 0.912. The fourth-order valence-corrected chi connectivity index (χ4v) is 1.95. The topological polar surface area (TPSA) is 58.4 Å². The van der Waals surface area contributed by atoms with E-state index in [1.807, 2.05) is 29.8 Å². The molecule has 0 spiro atoms. The van der Waals surface area contributed by atoms with Crippen LogP contribution in [0.25, 0.3) is 11.0 Å². The number of amides is 1. The van der Waals surface area contributed by atoms with Crippen LogP contribution in [0, 0.1) is 0 Å². The largest absolute Gasteiger partial charge is 0.384 e. The van der Waals surface area contributed by atoms with Crippen molar-refractivity contribution < 1.29 is 9.90 Å². The van der Waals surface area contributed by atoms with E-state index in [4.69, 9.17) is 0 Å². The van der Waals surface area contributed by atoms with Crippen molar-refractivity contribution in [3.05, 3.63) is 30.1 Å². The van der Waals surface area contributed by atoms with Gasteiger partial charge >= 0.3 is 0 Å². The zero-order valence-corrected chi connectivity index (χ0v) is 10.8. The Kier molecular flexibility index (Phi) is 3.34. The maximum Gasteiger partial charge on any atom is 0.251 e. The second-order valence-electron chi connectivity index (χ2n) is 4.55. The first-order chi connectivity index (χ1) is 8.49. The molecule has 1 heterocycles. The van der Waals surface area contributed by atoms with Crippen molar-refractivity contribution >= 4 is 16.9 Å². The van der Waals surface area contributed by atoms with Gasteiger partial charge in [0.25, 0.3) is 5.91 Å². The summed E-state index contributed by atoms with van der Waals surface area (Å²) in [7, 11) is 3.62. The molecule has 96 valence electrons. The number of hydrogen-bond donors (Lipinski definition) is 1. The number of aromatic nitrogens is 2. The molecule has 5 nitrogen and oxygen atoms in total. The van der Waals surface area contributed by atoms with E-state index >= 15 is 0 Å². The van der Waals surface area contributed by atoms with Crippen LogP contribution in [0.5, 0.6) is 0 Å². The predicted molar refractivity (Wildman–Crippen MR) is 68.9 cm³/mol. The standard InChI is InChI=1S/C13H17N3O2/c1-9(17)13(18)15(2)7-10-4-5-12-11(6-10)14-8-16(12)3/h4-6,8-9,17H,7H2,1-3H3. The van der Waals surface area contributed by atoms with Gasteiger partial charge in [-0.25, -0.2) is 4.98 Å². The molecule has 1 atom stereocenters. The fraction of sp³-hybridized carbons (Fsp3) is 0.385. The van der Waals surface area contributed by atoms with Crippen LogP contribution in [0.15, 0.2) is 24.5 Å². The molecule has 0 saturated carbocycles. The van der Waals surface area contributed by atoms with E-state index in [-0.39, 0.29) is 5.91 Å². The molecule has 1 amide bonds. The van der Waals surface area contributed by atoms with Gasteiger partial charge in [-0.15, -0.1) is 0 Å². The van der Waals surface area contributed by atoms with Gasteiger partial charge in [0.05, 0.1) is 17.4 Å². The summed E-state index contributed by atoms with van der Waals surface area (Å²) in [5.74, 6) is -0.281. The summed E-state index contributed by atoms with van der Waals surface area (Å²) in [5.41, 5.74) is 2.97. The van der Waals surface area contributed by atoms with Gasteiger partial charge in [-0.3, -0.25) is 4.79 Å². The van der Waals surface area contributed by atoms with Crippen LogP contribution in [0.1, 0.15) is 12.5 Å². The lowest BCUT2D eigenvalue weighted by Gasteiger charge is -2.18. The Morgan fingerprint density at radius 2 is 2.28 bits per heavy atom. The summed E-state index contributed by atoms with van der Waals surface area (Å²) >= 11 is 0. The normalized spacial score (nSPS) is 12.7. The van der Waals surface area contributed by atoms with Gasteiger partial charge in [-0.1, -0.05) is 6.07 Å². The number of fused-ring (bicyclic) bond motifs is 1. The molecule has 0 bridgehead atoms. The summed E-state index contributed by atoms with van der Waals surface area (Å²) < 4.78 is 1.95. The van der Waals surface area contributed by atoms with Crippen LogP contribution in [0.3, 0.4) is 0 Å². The third-order valence-electron chi connectivity index (χ3n) is 2.94. The van der Waals surface area contributed by atoms with E-state index in [1.54, 1.807) is 13.4 Å². The number of carbonyl (C=O) groups is 1. The van der Waals surface area contributed by atoms with E-state index in [1.165, 1.54) is 11.8 Å². The average molecular weight is 247 g/mol. The number of likely N-dealkylation sites (N-methyl/N-ethyl adjacent to an activating group) is 1. The third-order valence-corrected chi connectivity index (χ3v) is 2.94. The molecule has 0 aliphatic rings. The maximum atomic E-state index is 11.6. The highest BCUT2D eigenvalue weighted by Gasteiger charge is 2.14. The van der Waals surface area contributed by atoms with Crippen LogP contribution in [0.2, 0.25) is 0 Å². The third kappa shape index (κ3) is 2.36. The lowest BCUT2D eigenvalue weighted by molar-refractivity contribution is -0.138. The number of benzene rings is 1. The minimum atomic E-state index is -0.964. The van der Waals surface area contributed by atoms with Gasteiger partial charge in [0, 0.05) is 20.6 Å². The Balaban J connectivity index is 2.19. The van der Waals surface area contributed by atoms with Gasteiger partial charge in [-0.05, 0) is 24.6 Å². The van der Waals surface area contributed by atoms with Crippen LogP contribution in [-0.4, -0.2) is 38.6 Å². The van der Waals surface area contributed by atoms with Crippen molar-refractivity contribution in [3.63, 3.8) is 0 Å². The number of hydrogen-bond acceptors (Lipinski definition) is 3. The van der Waals surface area contributed by atoms with Crippen LogP contribution in [-0.2, 0) is 18.4 Å². The maximum absolute atomic E-state index is 11.6. The lowest BCUT2D eigenvalue weighted by Crippen LogP contribution is -2.34. The first-order valence-corrected chi connectivity index (χ1v) is 5.82. The van der Waals surface area contributed by atoms with Gasteiger partial charge in [0.1, 0.15) is 6.10 Å². The Hall–Kier alpha value is -1.88. The fourth-order valence-electron chi connectivity index (χ4n) is 1.95. The van der Waals surface area contributed by atoms with Crippen molar-refractivity contribution in [1.82, 2.24) is 14.5 Å². The molecule has 0 fully saturated rings. The van der Waals surface area contributed by atoms with Crippen LogP contribution < -0.4 is 0 Å². The molecule has 0 aliphatic heterocycles. The van der Waals surface area contributed by atoms with Gasteiger partial charge < -0.3 is 14.6 Å². The summed E-state index contributed by atoms with van der Waals surface area (Å²) in [6, 6.07) is 5.91. The SMILES string of the molecule is CC(O)C(=O)N(C)Cc1ccc2c(c1)ncn2C. The molecule has 0 saturated heterocycles. The van der Waals surface area contributed by atoms with Crippen molar-refractivity contribution in [1.29, 1.82) is 0 Å². The zero-order valence-electron chi connectivity index (χ0n) is 10.8. The molecular weight excluding hydrogens is 230 g/mol. The lowest BCUT2D eigenvalue weighted by atomic mass is 10.2. The Bertz CT molecular complexity index is 575. The summed E-state index contributed by atoms with van der Waals surface area (Å²) in [5, 5.41) is 9.24. The minimum Gasteiger partial charge on any atom is -0.384 e. The van der Waals surface area contributed by atoms with Gasteiger partial charge in [0.2, 0.25) is 0 Å². The quantitative estimate of drug-likeness (QED) is 0.877. The highest BCUT2D eigenvalue weighted by Crippen LogP contribution is 2.15. The summed E-state index contributed by atoms with van der Waals surface area (Å²) in [6.07, 6.45) is 0.799. The Morgan fingerprint density at radius 1 is 1.56 bits per heavy atom. The molecule has 0 radical (unpaired) electrons. The number of carbonyl (C=O) groups excluding carboxylic acids is 1. The van der Waals surface area contributed by atoms with Gasteiger partial charge in [-0.2, -0.15) is 0 Å². The number of aliphatic hydroxyl groups is 1. The van der Waals surface area contributed by atoms with E-state index in [2.05, 4.69) is 4.98 Å². The summed E-state index contributed by atoms with van der Waals surface area (Å²) in [6.45, 7) is 1.94. The number of aliphatic hydroxyl groups excluding tert-OH is 1. The molecule has 0 aliphatic carbocycles. The number of nitrogens with zero attached hydrogens (tertiary/aromatic N) is 3. The van der Waals surface area contributed by atoms with Gasteiger partial charge in [0.15, 0.2) is 0 Å². The monoisotopic (exact) mass is 247 g/mol. The van der Waals surface area contributed by atoms with Crippen LogP contribution >= 0.6 is 0 Å². The van der Waals surface area contributed by atoms with Crippen molar-refractivity contribution in [2.75, 3.05) is 7.05 Å². The minimum absolute atomic E-state index is 0.281. The molecule has 1 unspecified atom stereocenters. The smallest absolute Gasteiger partial charge is 0.251 e. The van der Waals surface area contributed by atoms with Crippen molar-refractivity contribution in [2.24, 2.45) is 7.05 Å². The van der Waals surface area contributed by atoms with Crippen molar-refractivity contribution in [3.8, 4) is 0 Å². The number of aryl methyl sites for hydroxylation is 1. The van der Waals surface area contributed by atoms with E-state index in [9.17, 15) is 9.90 Å². The Labute approximate surface area is 106 Å². The number of rotatable bonds is 3. The Morgan fingerprint density at radius 3 is 2.94 bits per heavy atom. The average Bonchev–Trinajstić information content (AvgIpc) is 2.69. The van der Waals surface area contributed by atoms with E-state index in [0.717, 1.165) is 16.6 Å². The zero-order chi connectivity index (χ0) is 13.3. The first kappa shape index (κ1) is 12.6. The second-order valence-corrected chi connectivity index (χ2v) is 4.55. The highest BCUT2D eigenvalue weighted by molar-refractivity contribution is 5.80. The van der Waals surface area contributed by atoms with E-state index in [0.29, 0.717) is 6.54 Å². The molecule has 18 heavy (non-hydrogen) atoms. The molecule has 5 heteroatoms. The molecule has 2 rings (SSSR count). The molecular formula is C13H17N3O2. The number of imidazole rings is 1. The first-order valence-electron chi connectivity index (χ1n) is 5.82. The molecule has 1 aromatic carbocycles. The molecule has 1 N–H and O–H groups in total. The highest BCUT2D eigenvalue weighted by atomic mass is 16.3. The van der Waals surface area contributed by atoms with Crippen molar-refractivity contribution in [2.45, 2.75) is 19.6 Å².